The Morgan fingerprint density at radius 1 is 1.11 bits per heavy atom. The summed E-state index contributed by atoms with van der Waals surface area (Å²) >= 11 is 2.83. The van der Waals surface area contributed by atoms with Crippen molar-refractivity contribution in [1.82, 2.24) is 0 Å². The van der Waals surface area contributed by atoms with E-state index in [0.29, 0.717) is 0 Å². The molecule has 0 aliphatic heterocycles. The van der Waals surface area contributed by atoms with Crippen LogP contribution in [0.25, 0.3) is 0 Å². The third kappa shape index (κ3) is 215. The normalized spacial score (nSPS) is 7.00. The van der Waals surface area contributed by atoms with Crippen molar-refractivity contribution in [3.63, 3.8) is 0 Å². The summed E-state index contributed by atoms with van der Waals surface area (Å²) < 4.78 is 16.4. The van der Waals surface area contributed by atoms with Gasteiger partial charge in [-0.15, -0.1) is 0 Å². The molecule has 2 radical (unpaired) electrons. The molecule has 9 heteroatoms. The van der Waals surface area contributed by atoms with E-state index in [1.54, 1.807) is 0 Å². The molecule has 0 heterocycles. The van der Waals surface area contributed by atoms with Crippen LogP contribution in [0.15, 0.2) is 0 Å². The fourth-order valence-electron chi connectivity index (χ4n) is 0. The van der Waals surface area contributed by atoms with E-state index in [4.69, 9.17) is 23.5 Å². The fourth-order valence-corrected chi connectivity index (χ4v) is 0. The SMILES string of the molecule is O=P([O-])([O-])[O-].O=S.[Bi+3].[Li+]. The summed E-state index contributed by atoms with van der Waals surface area (Å²) in [5.41, 5.74) is 0. The first-order valence-electron chi connectivity index (χ1n) is 0.897. The molecule has 0 N–H and O–H groups in total. The maximum atomic E-state index is 8.55. The first kappa shape index (κ1) is 22.4. The largest absolute Gasteiger partial charge is 3.00 e. The molecule has 0 aromatic carbocycles. The average Bonchev–Trinajstić information content (AvgIpc) is 1.36. The van der Waals surface area contributed by atoms with Crippen molar-refractivity contribution in [2.75, 3.05) is 0 Å². The van der Waals surface area contributed by atoms with Crippen LogP contribution < -0.4 is 33.5 Å². The molecule has 0 aliphatic carbocycles. The van der Waals surface area contributed by atoms with Crippen LogP contribution in [0.3, 0.4) is 0 Å². The monoisotopic (exact) mass is 359 g/mol. The second-order valence-electron chi connectivity index (χ2n) is 0.447. The van der Waals surface area contributed by atoms with Gasteiger partial charge in [-0.2, -0.15) is 12.0 Å². The molecule has 0 aromatic heterocycles. The molecule has 0 fully saturated rings. The van der Waals surface area contributed by atoms with Gasteiger partial charge < -0.3 is 19.2 Å². The molecular formula is BiLiO5PS+. The summed E-state index contributed by atoms with van der Waals surface area (Å²) in [6.07, 6.45) is 0. The van der Waals surface area contributed by atoms with Gasteiger partial charge in [0.15, 0.2) is 12.5 Å². The minimum atomic E-state index is -5.39. The molecule has 0 saturated heterocycles. The molecule has 0 bridgehead atoms. The van der Waals surface area contributed by atoms with Crippen molar-refractivity contribution in [2.24, 2.45) is 0 Å². The molecule has 5 nitrogen and oxygen atoms in total. The summed E-state index contributed by atoms with van der Waals surface area (Å²) in [4.78, 5) is 25.6. The molecular weight excluding hydrogens is 359 g/mol. The zero-order valence-electron chi connectivity index (χ0n) is 4.34. The molecule has 0 atom stereocenters. The van der Waals surface area contributed by atoms with E-state index in [1.165, 1.54) is 0 Å². The molecule has 0 rings (SSSR count). The molecule has 0 unspecified atom stereocenters. The number of hydrogen-bond acceptors (Lipinski definition) is 6. The molecule has 0 amide bonds. The van der Waals surface area contributed by atoms with E-state index in [0.717, 1.165) is 0 Å². The maximum absolute atomic E-state index is 8.55. The van der Waals surface area contributed by atoms with Gasteiger partial charge in [-0.05, 0) is 0 Å². The summed E-state index contributed by atoms with van der Waals surface area (Å²) in [5, 5.41) is 0. The minimum Gasteiger partial charge on any atom is -0.822 e. The summed E-state index contributed by atoms with van der Waals surface area (Å²) in [5.74, 6) is 0. The third-order valence-electron chi connectivity index (χ3n) is 0. The van der Waals surface area contributed by atoms with Crippen LogP contribution in [0.2, 0.25) is 0 Å². The van der Waals surface area contributed by atoms with Gasteiger partial charge in [0.1, 0.15) is 0 Å². The Morgan fingerprint density at radius 2 is 1.11 bits per heavy atom. The van der Waals surface area contributed by atoms with E-state index >= 15 is 0 Å². The Labute approximate surface area is 88.3 Å². The van der Waals surface area contributed by atoms with Crippen LogP contribution in [0.4, 0.5) is 0 Å². The van der Waals surface area contributed by atoms with Crippen molar-refractivity contribution >= 4 is 46.6 Å². The number of hydrogen-bond donors (Lipinski definition) is 0. The molecule has 0 aromatic rings. The first-order valence-corrected chi connectivity index (χ1v) is 2.69. The van der Waals surface area contributed by atoms with Gasteiger partial charge in [0.2, 0.25) is 0 Å². The summed E-state index contributed by atoms with van der Waals surface area (Å²) in [6.45, 7) is 0. The Kier molecular flexibility index (Phi) is 30.7. The van der Waals surface area contributed by atoms with Crippen molar-refractivity contribution in [3.05, 3.63) is 0 Å². The predicted octanol–water partition coefficient (Wildman–Crippen LogP) is -6.54. The summed E-state index contributed by atoms with van der Waals surface area (Å²) in [6, 6.07) is 0. The Balaban J connectivity index is -0.0000000286. The zero-order valence-corrected chi connectivity index (χ0v) is 9.53. The topological polar surface area (TPSA) is 103 Å². The van der Waals surface area contributed by atoms with Gasteiger partial charge in [-0.3, -0.25) is 0 Å². The van der Waals surface area contributed by atoms with Crippen molar-refractivity contribution < 1.29 is 42.3 Å². The van der Waals surface area contributed by atoms with E-state index in [1.807, 2.05) is 0 Å². The van der Waals surface area contributed by atoms with Crippen LogP contribution in [0, 0.1) is 0 Å². The second-order valence-corrected chi connectivity index (χ2v) is 1.34. The van der Waals surface area contributed by atoms with Crippen LogP contribution in [0.1, 0.15) is 0 Å². The second kappa shape index (κ2) is 12.3. The average molecular weight is 359 g/mol. The van der Waals surface area contributed by atoms with E-state index in [-0.39, 0.29) is 45.1 Å². The molecule has 9 heavy (non-hydrogen) atoms. The van der Waals surface area contributed by atoms with Crippen molar-refractivity contribution in [3.8, 4) is 0 Å². The number of phosphoric acid groups is 1. The van der Waals surface area contributed by atoms with E-state index < -0.39 is 7.82 Å². The van der Waals surface area contributed by atoms with Crippen LogP contribution in [-0.4, -0.2) is 30.4 Å². The van der Waals surface area contributed by atoms with Gasteiger partial charge in [0.25, 0.3) is 0 Å². The fraction of sp³-hybridized carbons (Fsp3) is 0. The number of rotatable bonds is 0. The maximum Gasteiger partial charge on any atom is 3.00 e. The van der Waals surface area contributed by atoms with Gasteiger partial charge >= 0.3 is 45.1 Å². The van der Waals surface area contributed by atoms with Crippen molar-refractivity contribution in [1.29, 1.82) is 0 Å². The molecule has 0 saturated carbocycles. The first-order chi connectivity index (χ1) is 3.00. The standard InChI is InChI=1S/Bi.Li.H3O4P.OS/c;;1-5(2,3)4;1-2/h;;(H3,1,2,3,4);/q+3;+1;;/p-3. The Hall–Kier alpha value is 1.61. The molecule has 46 valence electrons. The Bertz CT molecular complexity index is 72.8. The zero-order chi connectivity index (χ0) is 6.50. The van der Waals surface area contributed by atoms with E-state index in [2.05, 4.69) is 12.5 Å². The van der Waals surface area contributed by atoms with Crippen molar-refractivity contribution in [2.45, 2.75) is 0 Å². The Morgan fingerprint density at radius 3 is 1.11 bits per heavy atom. The molecule has 0 aliphatic rings. The van der Waals surface area contributed by atoms with Crippen LogP contribution >= 0.6 is 7.82 Å². The smallest absolute Gasteiger partial charge is 0.822 e. The minimum absolute atomic E-state index is 0. The van der Waals surface area contributed by atoms with Gasteiger partial charge in [0.05, 0.1) is 0 Å². The quantitative estimate of drug-likeness (QED) is 0.315. The van der Waals surface area contributed by atoms with Gasteiger partial charge in [-0.1, -0.05) is 0 Å². The predicted molar refractivity (Wildman–Crippen MR) is 21.5 cm³/mol. The third-order valence-corrected chi connectivity index (χ3v) is 0. The van der Waals surface area contributed by atoms with E-state index in [9.17, 15) is 0 Å². The van der Waals surface area contributed by atoms with Gasteiger partial charge in [0, 0.05) is 0 Å². The molecule has 0 spiro atoms. The van der Waals surface area contributed by atoms with Gasteiger partial charge in [-0.25, -0.2) is 0 Å². The van der Waals surface area contributed by atoms with Crippen LogP contribution in [-0.2, 0) is 17.1 Å². The van der Waals surface area contributed by atoms with Crippen LogP contribution in [0.5, 0.6) is 0 Å². The summed E-state index contributed by atoms with van der Waals surface area (Å²) in [7, 11) is -5.39.